The molecule has 0 atom stereocenters. The van der Waals surface area contributed by atoms with Crippen LogP contribution in [0.25, 0.3) is 0 Å². The lowest BCUT2D eigenvalue weighted by molar-refractivity contribution is 0.302. The number of furan rings is 1. The topological polar surface area (TPSA) is 34.4 Å². The first-order chi connectivity index (χ1) is 10.8. The molecule has 1 heterocycles. The third-order valence-electron chi connectivity index (χ3n) is 3.28. The molecule has 0 aliphatic heterocycles. The van der Waals surface area contributed by atoms with Gasteiger partial charge in [0.05, 0.1) is 23.9 Å². The number of hydrogen-bond acceptors (Lipinski definition) is 3. The molecule has 0 spiro atoms. The van der Waals surface area contributed by atoms with Gasteiger partial charge in [-0.3, -0.25) is 0 Å². The van der Waals surface area contributed by atoms with E-state index in [1.165, 1.54) is 19.3 Å². The van der Waals surface area contributed by atoms with Crippen molar-refractivity contribution in [2.75, 3.05) is 13.2 Å². The maximum absolute atomic E-state index is 5.90. The van der Waals surface area contributed by atoms with Crippen LogP contribution in [0.1, 0.15) is 31.4 Å². The molecule has 1 aromatic carbocycles. The highest BCUT2D eigenvalue weighted by Gasteiger charge is 2.01. The molecule has 1 aromatic heterocycles. The van der Waals surface area contributed by atoms with Gasteiger partial charge in [0.1, 0.15) is 11.5 Å². The summed E-state index contributed by atoms with van der Waals surface area (Å²) in [6, 6.07) is 9.48. The molecule has 0 fully saturated rings. The van der Waals surface area contributed by atoms with Crippen LogP contribution in [-0.2, 0) is 6.54 Å². The number of ether oxygens (including phenoxy) is 1. The number of rotatable bonds is 10. The Balaban J connectivity index is 1.46. The zero-order valence-corrected chi connectivity index (χ0v) is 14.8. The molecular weight excluding hydrogens is 366 g/mol. The third-order valence-corrected chi connectivity index (χ3v) is 4.13. The first-order valence-electron chi connectivity index (χ1n) is 7.56. The average Bonchev–Trinajstić information content (AvgIpc) is 3.00. The first kappa shape index (κ1) is 17.4. The lowest BCUT2D eigenvalue weighted by atomic mass is 10.2. The number of hydrogen-bond donors (Lipinski definition) is 1. The molecule has 0 bridgehead atoms. The second-order valence-corrected chi connectivity index (χ2v) is 6.38. The maximum Gasteiger partial charge on any atom is 0.133 e. The molecule has 0 unspecified atom stereocenters. The summed E-state index contributed by atoms with van der Waals surface area (Å²) in [5.74, 6) is 1.84. The molecule has 0 saturated heterocycles. The molecule has 2 rings (SSSR count). The van der Waals surface area contributed by atoms with E-state index in [-0.39, 0.29) is 0 Å². The molecule has 120 valence electrons. The molecule has 0 aliphatic rings. The molecule has 22 heavy (non-hydrogen) atoms. The Kier molecular flexibility index (Phi) is 7.85. The minimum Gasteiger partial charge on any atom is -0.492 e. The van der Waals surface area contributed by atoms with Gasteiger partial charge in [-0.15, -0.1) is 0 Å². The van der Waals surface area contributed by atoms with Crippen molar-refractivity contribution in [3.63, 3.8) is 0 Å². The molecule has 5 heteroatoms. The fourth-order valence-electron chi connectivity index (χ4n) is 2.10. The Morgan fingerprint density at radius 1 is 1.14 bits per heavy atom. The van der Waals surface area contributed by atoms with Crippen LogP contribution in [0.15, 0.2) is 45.5 Å². The lowest BCUT2D eigenvalue weighted by Crippen LogP contribution is -2.14. The van der Waals surface area contributed by atoms with Crippen LogP contribution in [-0.4, -0.2) is 13.2 Å². The van der Waals surface area contributed by atoms with E-state index >= 15 is 0 Å². The fraction of sp³-hybridized carbons (Fsp3) is 0.412. The van der Waals surface area contributed by atoms with E-state index in [0.29, 0.717) is 5.02 Å². The number of unbranched alkanes of at least 4 members (excludes halogenated alkanes) is 3. The largest absolute Gasteiger partial charge is 0.492 e. The van der Waals surface area contributed by atoms with Crippen molar-refractivity contribution < 1.29 is 9.15 Å². The van der Waals surface area contributed by atoms with Crippen LogP contribution in [0.2, 0.25) is 5.02 Å². The average molecular weight is 387 g/mol. The molecule has 0 amide bonds. The molecule has 1 N–H and O–H groups in total. The van der Waals surface area contributed by atoms with E-state index in [4.69, 9.17) is 20.8 Å². The van der Waals surface area contributed by atoms with E-state index in [1.807, 2.05) is 30.3 Å². The van der Waals surface area contributed by atoms with Gasteiger partial charge >= 0.3 is 0 Å². The fourth-order valence-corrected chi connectivity index (χ4v) is 2.90. The molecule has 0 saturated carbocycles. The van der Waals surface area contributed by atoms with Crippen molar-refractivity contribution in [1.82, 2.24) is 5.32 Å². The zero-order chi connectivity index (χ0) is 15.6. The monoisotopic (exact) mass is 385 g/mol. The Labute approximate surface area is 145 Å². The van der Waals surface area contributed by atoms with Gasteiger partial charge in [-0.2, -0.15) is 0 Å². The first-order valence-corrected chi connectivity index (χ1v) is 8.74. The summed E-state index contributed by atoms with van der Waals surface area (Å²) >= 11 is 9.35. The van der Waals surface area contributed by atoms with E-state index in [0.717, 1.165) is 42.1 Å². The minimum atomic E-state index is 0.710. The summed E-state index contributed by atoms with van der Waals surface area (Å²) in [6.07, 6.45) is 6.32. The lowest BCUT2D eigenvalue weighted by Gasteiger charge is -2.08. The highest BCUT2D eigenvalue weighted by atomic mass is 79.9. The van der Waals surface area contributed by atoms with Crippen molar-refractivity contribution in [3.05, 3.63) is 51.9 Å². The van der Waals surface area contributed by atoms with E-state index in [1.54, 1.807) is 6.26 Å². The van der Waals surface area contributed by atoms with Gasteiger partial charge in [0.15, 0.2) is 0 Å². The second-order valence-electron chi connectivity index (χ2n) is 5.09. The van der Waals surface area contributed by atoms with Crippen LogP contribution in [0.3, 0.4) is 0 Å². The van der Waals surface area contributed by atoms with Crippen molar-refractivity contribution in [3.8, 4) is 5.75 Å². The number of benzene rings is 1. The van der Waals surface area contributed by atoms with Gasteiger partial charge in [-0.05, 0) is 65.6 Å². The van der Waals surface area contributed by atoms with Crippen LogP contribution < -0.4 is 10.1 Å². The molecule has 2 aromatic rings. The van der Waals surface area contributed by atoms with Crippen LogP contribution >= 0.6 is 27.5 Å². The third kappa shape index (κ3) is 6.42. The van der Waals surface area contributed by atoms with Crippen molar-refractivity contribution in [2.24, 2.45) is 0 Å². The Morgan fingerprint density at radius 2 is 2.00 bits per heavy atom. The van der Waals surface area contributed by atoms with E-state index in [2.05, 4.69) is 21.2 Å². The summed E-state index contributed by atoms with van der Waals surface area (Å²) in [7, 11) is 0. The van der Waals surface area contributed by atoms with Crippen molar-refractivity contribution in [2.45, 2.75) is 32.2 Å². The highest BCUT2D eigenvalue weighted by Crippen LogP contribution is 2.28. The predicted octanol–water partition coefficient (Wildman–Crippen LogP) is 5.42. The quantitative estimate of drug-likeness (QED) is 0.553. The SMILES string of the molecule is Clc1ccc(OCCCCCCNCc2ccco2)c(Br)c1. The minimum absolute atomic E-state index is 0.710. The Bertz CT molecular complexity index is 546. The van der Waals surface area contributed by atoms with Gasteiger partial charge in [0.2, 0.25) is 0 Å². The summed E-state index contributed by atoms with van der Waals surface area (Å²) in [4.78, 5) is 0. The van der Waals surface area contributed by atoms with Gasteiger partial charge in [-0.25, -0.2) is 0 Å². The summed E-state index contributed by atoms with van der Waals surface area (Å²) in [6.45, 7) is 2.56. The van der Waals surface area contributed by atoms with Crippen LogP contribution in [0, 0.1) is 0 Å². The maximum atomic E-state index is 5.90. The summed E-state index contributed by atoms with van der Waals surface area (Å²) in [5, 5.41) is 4.08. The second kappa shape index (κ2) is 9.93. The van der Waals surface area contributed by atoms with Crippen molar-refractivity contribution >= 4 is 27.5 Å². The smallest absolute Gasteiger partial charge is 0.133 e. The Hall–Kier alpha value is -0.970. The number of nitrogens with one attached hydrogen (secondary N) is 1. The molecule has 0 radical (unpaired) electrons. The van der Waals surface area contributed by atoms with Crippen molar-refractivity contribution in [1.29, 1.82) is 0 Å². The van der Waals surface area contributed by atoms with Gasteiger partial charge in [0.25, 0.3) is 0 Å². The van der Waals surface area contributed by atoms with Crippen LogP contribution in [0.5, 0.6) is 5.75 Å². The number of halogens is 2. The molecule has 3 nitrogen and oxygen atoms in total. The highest BCUT2D eigenvalue weighted by molar-refractivity contribution is 9.10. The van der Waals surface area contributed by atoms with E-state index in [9.17, 15) is 0 Å². The Morgan fingerprint density at radius 3 is 2.77 bits per heavy atom. The molecule has 0 aliphatic carbocycles. The normalized spacial score (nSPS) is 10.8. The van der Waals surface area contributed by atoms with Gasteiger partial charge < -0.3 is 14.5 Å². The summed E-state index contributed by atoms with van der Waals surface area (Å²) < 4.78 is 11.9. The predicted molar refractivity (Wildman–Crippen MR) is 93.5 cm³/mol. The zero-order valence-electron chi connectivity index (χ0n) is 12.5. The van der Waals surface area contributed by atoms with Gasteiger partial charge in [0, 0.05) is 5.02 Å². The molecular formula is C17H21BrClNO2. The standard InChI is InChI=1S/C17H21BrClNO2/c18-16-12-14(19)7-8-17(16)22-10-4-2-1-3-9-20-13-15-6-5-11-21-15/h5-8,11-12,20H,1-4,9-10,13H2. The van der Waals surface area contributed by atoms with Gasteiger partial charge in [-0.1, -0.05) is 24.4 Å². The summed E-state index contributed by atoms with van der Waals surface area (Å²) in [5.41, 5.74) is 0. The van der Waals surface area contributed by atoms with E-state index < -0.39 is 0 Å². The van der Waals surface area contributed by atoms with Crippen LogP contribution in [0.4, 0.5) is 0 Å².